The fourth-order valence-corrected chi connectivity index (χ4v) is 9.19. The lowest BCUT2D eigenvalue weighted by Gasteiger charge is -2.15. The first-order chi connectivity index (χ1) is 26.8. The van der Waals surface area contributed by atoms with Crippen LogP contribution in [0, 0.1) is 0 Å². The van der Waals surface area contributed by atoms with Gasteiger partial charge in [0.25, 0.3) is 0 Å². The summed E-state index contributed by atoms with van der Waals surface area (Å²) in [5, 5.41) is 7.40. The Kier molecular flexibility index (Phi) is 7.00. The van der Waals surface area contributed by atoms with Gasteiger partial charge in [0.05, 0.1) is 16.7 Å². The summed E-state index contributed by atoms with van der Waals surface area (Å²) in [5.41, 5.74) is 8.80. The predicted molar refractivity (Wildman–Crippen MR) is 226 cm³/mol. The molecule has 0 saturated carbocycles. The molecular formula is C49H30N4S. The predicted octanol–water partition coefficient (Wildman–Crippen LogP) is 13.2. The molecule has 3 aromatic heterocycles. The first kappa shape index (κ1) is 30.7. The highest BCUT2D eigenvalue weighted by Gasteiger charge is 2.18. The van der Waals surface area contributed by atoms with Crippen molar-refractivity contribution in [2.75, 3.05) is 0 Å². The number of thiophene rings is 1. The normalized spacial score (nSPS) is 11.7. The number of rotatable bonds is 5. The van der Waals surface area contributed by atoms with Crippen molar-refractivity contribution in [3.8, 4) is 51.0 Å². The minimum absolute atomic E-state index is 0.648. The molecule has 0 spiro atoms. The van der Waals surface area contributed by atoms with Crippen LogP contribution in [0.15, 0.2) is 182 Å². The molecule has 8 aromatic carbocycles. The van der Waals surface area contributed by atoms with Gasteiger partial charge in [0.1, 0.15) is 0 Å². The third-order valence-electron chi connectivity index (χ3n) is 10.5. The smallest absolute Gasteiger partial charge is 0.165 e. The number of hydrogen-bond donors (Lipinski definition) is 0. The maximum absolute atomic E-state index is 5.14. The van der Waals surface area contributed by atoms with E-state index in [4.69, 9.17) is 15.0 Å². The van der Waals surface area contributed by atoms with Gasteiger partial charge in [0, 0.05) is 53.0 Å². The first-order valence-corrected chi connectivity index (χ1v) is 18.9. The highest BCUT2D eigenvalue weighted by Crippen LogP contribution is 2.41. The van der Waals surface area contributed by atoms with Gasteiger partial charge in [-0.25, -0.2) is 15.0 Å². The SMILES string of the molecule is c1ccc(-c2nc(-c3ccc(-c4ccc(-n5c6ccccc6c6ccccc65)c5ccccc45)cc3)nc(-c3cccc4c3sc3ccccc34)n2)cc1. The van der Waals surface area contributed by atoms with Crippen molar-refractivity contribution in [3.63, 3.8) is 0 Å². The highest BCUT2D eigenvalue weighted by atomic mass is 32.1. The lowest BCUT2D eigenvalue weighted by molar-refractivity contribution is 1.08. The molecule has 0 atom stereocenters. The average Bonchev–Trinajstić information content (AvgIpc) is 3.80. The van der Waals surface area contributed by atoms with E-state index in [9.17, 15) is 0 Å². The van der Waals surface area contributed by atoms with E-state index in [1.54, 1.807) is 11.3 Å². The number of para-hydroxylation sites is 2. The van der Waals surface area contributed by atoms with Gasteiger partial charge in [-0.3, -0.25) is 0 Å². The molecule has 0 aliphatic rings. The number of fused-ring (bicyclic) bond motifs is 7. The Labute approximate surface area is 315 Å². The Bertz CT molecular complexity index is 3160. The molecule has 0 saturated heterocycles. The molecule has 0 unspecified atom stereocenters. The van der Waals surface area contributed by atoms with E-state index in [1.807, 2.05) is 18.2 Å². The minimum Gasteiger partial charge on any atom is -0.309 e. The van der Waals surface area contributed by atoms with Crippen LogP contribution in [0.1, 0.15) is 0 Å². The second-order valence-corrected chi connectivity index (χ2v) is 14.6. The molecule has 0 amide bonds. The van der Waals surface area contributed by atoms with Gasteiger partial charge < -0.3 is 4.57 Å². The van der Waals surface area contributed by atoms with E-state index in [0.717, 1.165) is 22.3 Å². The molecule has 4 nitrogen and oxygen atoms in total. The molecule has 54 heavy (non-hydrogen) atoms. The molecule has 0 N–H and O–H groups in total. The van der Waals surface area contributed by atoms with Crippen LogP contribution in [0.4, 0.5) is 0 Å². The van der Waals surface area contributed by atoms with Gasteiger partial charge in [-0.1, -0.05) is 152 Å². The largest absolute Gasteiger partial charge is 0.309 e. The Morgan fingerprint density at radius 2 is 0.870 bits per heavy atom. The van der Waals surface area contributed by atoms with Crippen molar-refractivity contribution in [2.45, 2.75) is 0 Å². The zero-order valence-electron chi connectivity index (χ0n) is 29.0. The van der Waals surface area contributed by atoms with Crippen molar-refractivity contribution in [2.24, 2.45) is 0 Å². The Balaban J connectivity index is 1.04. The van der Waals surface area contributed by atoms with Crippen molar-refractivity contribution < 1.29 is 0 Å². The van der Waals surface area contributed by atoms with Crippen molar-refractivity contribution in [3.05, 3.63) is 182 Å². The Morgan fingerprint density at radius 1 is 0.333 bits per heavy atom. The first-order valence-electron chi connectivity index (χ1n) is 18.1. The molecular weight excluding hydrogens is 677 g/mol. The van der Waals surface area contributed by atoms with Crippen molar-refractivity contribution in [1.82, 2.24) is 19.5 Å². The lowest BCUT2D eigenvalue weighted by atomic mass is 9.96. The third kappa shape index (κ3) is 4.86. The van der Waals surface area contributed by atoms with Crippen LogP contribution in [0.5, 0.6) is 0 Å². The van der Waals surface area contributed by atoms with E-state index in [-0.39, 0.29) is 0 Å². The van der Waals surface area contributed by atoms with Gasteiger partial charge in [0.15, 0.2) is 17.5 Å². The molecule has 3 heterocycles. The fourth-order valence-electron chi connectivity index (χ4n) is 7.98. The highest BCUT2D eigenvalue weighted by molar-refractivity contribution is 7.26. The van der Waals surface area contributed by atoms with E-state index in [0.29, 0.717) is 17.5 Å². The van der Waals surface area contributed by atoms with E-state index in [2.05, 4.69) is 168 Å². The number of hydrogen-bond acceptors (Lipinski definition) is 4. The maximum atomic E-state index is 5.14. The summed E-state index contributed by atoms with van der Waals surface area (Å²) in [7, 11) is 0. The fraction of sp³-hybridized carbons (Fsp3) is 0. The summed E-state index contributed by atoms with van der Waals surface area (Å²) < 4.78 is 4.84. The summed E-state index contributed by atoms with van der Waals surface area (Å²) in [6.07, 6.45) is 0. The van der Waals surface area contributed by atoms with Gasteiger partial charge in [0.2, 0.25) is 0 Å². The molecule has 11 rings (SSSR count). The maximum Gasteiger partial charge on any atom is 0.165 e. The van der Waals surface area contributed by atoms with Crippen LogP contribution < -0.4 is 0 Å². The average molecular weight is 707 g/mol. The summed E-state index contributed by atoms with van der Waals surface area (Å²) in [6.45, 7) is 0. The number of benzene rings is 8. The molecule has 0 aliphatic carbocycles. The zero-order valence-corrected chi connectivity index (χ0v) is 29.8. The van der Waals surface area contributed by atoms with Crippen LogP contribution in [0.3, 0.4) is 0 Å². The van der Waals surface area contributed by atoms with Crippen LogP contribution in [0.2, 0.25) is 0 Å². The zero-order chi connectivity index (χ0) is 35.6. The second-order valence-electron chi connectivity index (χ2n) is 13.6. The van der Waals surface area contributed by atoms with Crippen LogP contribution in [0.25, 0.3) is 104 Å². The molecule has 11 aromatic rings. The molecule has 252 valence electrons. The summed E-state index contributed by atoms with van der Waals surface area (Å²) >= 11 is 1.79. The molecule has 0 aliphatic heterocycles. The molecule has 0 fully saturated rings. The third-order valence-corrected chi connectivity index (χ3v) is 11.7. The Morgan fingerprint density at radius 3 is 1.59 bits per heavy atom. The topological polar surface area (TPSA) is 43.6 Å². The van der Waals surface area contributed by atoms with Crippen molar-refractivity contribution in [1.29, 1.82) is 0 Å². The molecule has 5 heteroatoms. The van der Waals surface area contributed by atoms with E-state index in [1.165, 1.54) is 64.0 Å². The van der Waals surface area contributed by atoms with Gasteiger partial charge >= 0.3 is 0 Å². The second kappa shape index (κ2) is 12.3. The van der Waals surface area contributed by atoms with Gasteiger partial charge in [-0.05, 0) is 46.8 Å². The molecule has 0 radical (unpaired) electrons. The monoisotopic (exact) mass is 706 g/mol. The van der Waals surface area contributed by atoms with E-state index < -0.39 is 0 Å². The van der Waals surface area contributed by atoms with Gasteiger partial charge in [-0.15, -0.1) is 11.3 Å². The van der Waals surface area contributed by atoms with Crippen molar-refractivity contribution >= 4 is 64.1 Å². The standard InChI is InChI=1S/C49H30N4S/c1-2-13-32(14-3-1)47-50-48(52-49(51-47)41-21-12-20-40-39-19-8-11-24-45(39)54-46(40)41)33-27-25-31(26-28-33)34-29-30-44(36-16-5-4-15-35(34)36)53-42-22-9-6-17-37(42)38-18-7-10-23-43(38)53/h1-30H. The summed E-state index contributed by atoms with van der Waals surface area (Å²) in [6, 6.07) is 64.4. The quantitative estimate of drug-likeness (QED) is 0.179. The molecule has 0 bridgehead atoms. The summed E-state index contributed by atoms with van der Waals surface area (Å²) in [4.78, 5) is 15.3. The summed E-state index contributed by atoms with van der Waals surface area (Å²) in [5.74, 6) is 1.98. The van der Waals surface area contributed by atoms with Crippen LogP contribution in [-0.2, 0) is 0 Å². The Hall–Kier alpha value is -6.95. The van der Waals surface area contributed by atoms with Crippen LogP contribution in [-0.4, -0.2) is 19.5 Å². The minimum atomic E-state index is 0.648. The van der Waals surface area contributed by atoms with Crippen LogP contribution >= 0.6 is 11.3 Å². The lowest BCUT2D eigenvalue weighted by Crippen LogP contribution is -2.00. The number of nitrogens with zero attached hydrogens (tertiary/aromatic N) is 4. The number of aromatic nitrogens is 4. The van der Waals surface area contributed by atoms with E-state index >= 15 is 0 Å². The van der Waals surface area contributed by atoms with Gasteiger partial charge in [-0.2, -0.15) is 0 Å².